The number of aliphatic hydroxyl groups excluding tert-OH is 2. The Hall–Kier alpha value is -2.28. The van der Waals surface area contributed by atoms with E-state index in [0.717, 1.165) is 5.56 Å². The van der Waals surface area contributed by atoms with Gasteiger partial charge in [0, 0.05) is 6.54 Å². The molecule has 0 aliphatic carbocycles. The number of halogens is 1. The van der Waals surface area contributed by atoms with Crippen molar-refractivity contribution >= 4 is 23.4 Å². The van der Waals surface area contributed by atoms with Crippen molar-refractivity contribution in [1.29, 1.82) is 0 Å². The molecule has 0 spiro atoms. The summed E-state index contributed by atoms with van der Waals surface area (Å²) in [6.45, 7) is 1.71. The van der Waals surface area contributed by atoms with E-state index in [4.69, 9.17) is 22.1 Å². The molecule has 0 radical (unpaired) electrons. The van der Waals surface area contributed by atoms with E-state index in [9.17, 15) is 15.0 Å². The number of amides is 1. The van der Waals surface area contributed by atoms with Gasteiger partial charge in [-0.25, -0.2) is 4.79 Å². The van der Waals surface area contributed by atoms with Gasteiger partial charge in [-0.05, 0) is 29.7 Å². The summed E-state index contributed by atoms with van der Waals surface area (Å²) in [5.74, 6) is 0. The van der Waals surface area contributed by atoms with Crippen LogP contribution in [0.5, 0.6) is 0 Å². The lowest BCUT2D eigenvalue weighted by molar-refractivity contribution is 0.0184. The average Bonchev–Trinajstić information content (AvgIpc) is 2.62. The van der Waals surface area contributed by atoms with Gasteiger partial charge in [0.25, 0.3) is 0 Å². The molecule has 2 aromatic carbocycles. The zero-order valence-corrected chi connectivity index (χ0v) is 14.5. The molecular weight excluding hydrogens is 344 g/mol. The Bertz CT molecular complexity index is 701. The Morgan fingerprint density at radius 2 is 1.96 bits per heavy atom. The predicted molar refractivity (Wildman–Crippen MR) is 96.2 cm³/mol. The minimum absolute atomic E-state index is 0.123. The number of alkyl carbamates (subject to hydrolysis) is 1. The van der Waals surface area contributed by atoms with Crippen LogP contribution in [0.3, 0.4) is 0 Å². The van der Waals surface area contributed by atoms with Gasteiger partial charge in [-0.15, -0.1) is 0 Å². The van der Waals surface area contributed by atoms with Crippen LogP contribution in [0.4, 0.5) is 10.5 Å². The van der Waals surface area contributed by atoms with Crippen LogP contribution in [0.1, 0.15) is 22.8 Å². The van der Waals surface area contributed by atoms with E-state index < -0.39 is 18.3 Å². The Morgan fingerprint density at radius 3 is 2.60 bits per heavy atom. The van der Waals surface area contributed by atoms with E-state index in [1.54, 1.807) is 13.0 Å². The Balaban J connectivity index is 1.84. The van der Waals surface area contributed by atoms with Crippen LogP contribution in [0, 0.1) is 6.92 Å². The first kappa shape index (κ1) is 19.1. The van der Waals surface area contributed by atoms with Gasteiger partial charge in [-0.3, -0.25) is 0 Å². The van der Waals surface area contributed by atoms with E-state index in [1.165, 1.54) is 6.07 Å². The number of carbonyl (C=O) groups is 1. The molecule has 5 N–H and O–H groups in total. The summed E-state index contributed by atoms with van der Waals surface area (Å²) in [5, 5.41) is 23.0. The van der Waals surface area contributed by atoms with Gasteiger partial charge in [0.1, 0.15) is 18.8 Å². The van der Waals surface area contributed by atoms with Gasteiger partial charge in [0.2, 0.25) is 0 Å². The Morgan fingerprint density at radius 1 is 1.28 bits per heavy atom. The number of hydrogen-bond donors (Lipinski definition) is 4. The van der Waals surface area contributed by atoms with Crippen LogP contribution in [0.15, 0.2) is 42.5 Å². The number of rotatable bonds is 6. The van der Waals surface area contributed by atoms with Crippen molar-refractivity contribution in [1.82, 2.24) is 5.32 Å². The maximum absolute atomic E-state index is 11.7. The van der Waals surface area contributed by atoms with Crippen molar-refractivity contribution in [3.8, 4) is 0 Å². The van der Waals surface area contributed by atoms with Crippen LogP contribution >= 0.6 is 11.6 Å². The average molecular weight is 365 g/mol. The standard InChI is InChI=1S/C18H21ClN2O4/c1-11-7-13(8-14(19)16(11)20)17(23)15(22)9-21-18(24)25-10-12-5-3-2-4-6-12/h2-8,15,17,22-23H,9-10,20H2,1H3,(H,21,24). The fourth-order valence-corrected chi connectivity index (χ4v) is 2.52. The van der Waals surface area contributed by atoms with E-state index in [-0.39, 0.29) is 13.2 Å². The van der Waals surface area contributed by atoms with Gasteiger partial charge in [-0.2, -0.15) is 0 Å². The number of carbonyl (C=O) groups excluding carboxylic acids is 1. The lowest BCUT2D eigenvalue weighted by atomic mass is 10.0. The Kier molecular flexibility index (Phi) is 6.64. The fraction of sp³-hybridized carbons (Fsp3) is 0.278. The first-order chi connectivity index (χ1) is 11.9. The second-order valence-electron chi connectivity index (χ2n) is 5.69. The monoisotopic (exact) mass is 364 g/mol. The molecular formula is C18H21ClN2O4. The van der Waals surface area contributed by atoms with E-state index >= 15 is 0 Å². The van der Waals surface area contributed by atoms with Gasteiger partial charge < -0.3 is 26.0 Å². The van der Waals surface area contributed by atoms with Crippen molar-refractivity contribution in [3.05, 3.63) is 64.2 Å². The molecule has 2 aromatic rings. The summed E-state index contributed by atoms with van der Waals surface area (Å²) in [4.78, 5) is 11.7. The van der Waals surface area contributed by atoms with Crippen LogP contribution in [0.2, 0.25) is 5.02 Å². The molecule has 0 bridgehead atoms. The third-order valence-corrected chi connectivity index (χ3v) is 4.05. The zero-order chi connectivity index (χ0) is 18.4. The van der Waals surface area contributed by atoms with Gasteiger partial charge in [0.05, 0.1) is 10.7 Å². The van der Waals surface area contributed by atoms with Crippen LogP contribution in [-0.4, -0.2) is 29.0 Å². The Labute approximate surface area is 151 Å². The highest BCUT2D eigenvalue weighted by Crippen LogP contribution is 2.28. The van der Waals surface area contributed by atoms with Crippen molar-refractivity contribution in [2.24, 2.45) is 0 Å². The molecule has 0 fully saturated rings. The van der Waals surface area contributed by atoms with Gasteiger partial charge in [0.15, 0.2) is 0 Å². The normalized spacial score (nSPS) is 13.1. The number of aryl methyl sites for hydroxylation is 1. The smallest absolute Gasteiger partial charge is 0.407 e. The molecule has 0 aromatic heterocycles. The van der Waals surface area contributed by atoms with Crippen molar-refractivity contribution in [2.45, 2.75) is 25.7 Å². The summed E-state index contributed by atoms with van der Waals surface area (Å²) in [6, 6.07) is 12.4. The second kappa shape index (κ2) is 8.71. The van der Waals surface area contributed by atoms with Crippen molar-refractivity contribution in [3.63, 3.8) is 0 Å². The lowest BCUT2D eigenvalue weighted by Gasteiger charge is -2.20. The maximum Gasteiger partial charge on any atom is 0.407 e. The number of benzene rings is 2. The molecule has 2 rings (SSSR count). The maximum atomic E-state index is 11.7. The number of nitrogens with one attached hydrogen (secondary N) is 1. The highest BCUT2D eigenvalue weighted by Gasteiger charge is 2.21. The van der Waals surface area contributed by atoms with Crippen LogP contribution in [-0.2, 0) is 11.3 Å². The van der Waals surface area contributed by atoms with E-state index in [0.29, 0.717) is 21.8 Å². The quantitative estimate of drug-likeness (QED) is 0.589. The number of ether oxygens (including phenoxy) is 1. The molecule has 2 unspecified atom stereocenters. The molecule has 2 atom stereocenters. The highest BCUT2D eigenvalue weighted by atomic mass is 35.5. The van der Waals surface area contributed by atoms with Gasteiger partial charge in [-0.1, -0.05) is 48.0 Å². The van der Waals surface area contributed by atoms with Crippen LogP contribution < -0.4 is 11.1 Å². The zero-order valence-electron chi connectivity index (χ0n) is 13.8. The molecule has 0 aliphatic rings. The van der Waals surface area contributed by atoms with Gasteiger partial charge >= 0.3 is 6.09 Å². The summed E-state index contributed by atoms with van der Waals surface area (Å²) >= 11 is 5.99. The van der Waals surface area contributed by atoms with E-state index in [2.05, 4.69) is 5.32 Å². The topological polar surface area (TPSA) is 105 Å². The predicted octanol–water partition coefficient (Wildman–Crippen LogP) is 2.55. The minimum Gasteiger partial charge on any atom is -0.445 e. The number of nitrogen functional groups attached to an aromatic ring is 1. The molecule has 7 heteroatoms. The first-order valence-electron chi connectivity index (χ1n) is 7.74. The molecule has 0 saturated heterocycles. The van der Waals surface area contributed by atoms with Crippen LogP contribution in [0.25, 0.3) is 0 Å². The third kappa shape index (κ3) is 5.35. The van der Waals surface area contributed by atoms with Crippen molar-refractivity contribution < 1.29 is 19.7 Å². The summed E-state index contributed by atoms with van der Waals surface area (Å²) in [5.41, 5.74) is 8.15. The molecule has 0 heterocycles. The number of aliphatic hydroxyl groups is 2. The summed E-state index contributed by atoms with van der Waals surface area (Å²) < 4.78 is 5.04. The fourth-order valence-electron chi connectivity index (χ4n) is 2.25. The second-order valence-corrected chi connectivity index (χ2v) is 6.10. The highest BCUT2D eigenvalue weighted by molar-refractivity contribution is 6.33. The third-order valence-electron chi connectivity index (χ3n) is 3.73. The number of anilines is 1. The van der Waals surface area contributed by atoms with Crippen molar-refractivity contribution in [2.75, 3.05) is 12.3 Å². The SMILES string of the molecule is Cc1cc(C(O)C(O)CNC(=O)OCc2ccccc2)cc(Cl)c1N. The molecule has 1 amide bonds. The lowest BCUT2D eigenvalue weighted by Crippen LogP contribution is -2.35. The number of hydrogen-bond acceptors (Lipinski definition) is 5. The summed E-state index contributed by atoms with van der Waals surface area (Å²) in [6.07, 6.45) is -3.11. The molecule has 134 valence electrons. The van der Waals surface area contributed by atoms with E-state index in [1.807, 2.05) is 30.3 Å². The molecule has 25 heavy (non-hydrogen) atoms. The molecule has 6 nitrogen and oxygen atoms in total. The minimum atomic E-state index is -1.22. The number of nitrogens with two attached hydrogens (primary N) is 1. The largest absolute Gasteiger partial charge is 0.445 e. The summed E-state index contributed by atoms with van der Waals surface area (Å²) in [7, 11) is 0. The molecule has 0 saturated carbocycles. The molecule has 0 aliphatic heterocycles. The first-order valence-corrected chi connectivity index (χ1v) is 8.12.